The van der Waals surface area contributed by atoms with Crippen LogP contribution in [0.4, 0.5) is 17.1 Å². The minimum Gasteiger partial charge on any atom is -0.322 e. The molecule has 2 N–H and O–H groups in total. The maximum absolute atomic E-state index is 13.0. The molecule has 1 saturated heterocycles. The fourth-order valence-electron chi connectivity index (χ4n) is 4.75. The third kappa shape index (κ3) is 4.55. The van der Waals surface area contributed by atoms with Crippen LogP contribution in [0, 0.1) is 11.8 Å². The number of anilines is 3. The highest BCUT2D eigenvalue weighted by atomic mass is 16.2. The molecule has 7 heteroatoms. The summed E-state index contributed by atoms with van der Waals surface area (Å²) >= 11 is 0. The lowest BCUT2D eigenvalue weighted by Crippen LogP contribution is -2.31. The monoisotopic (exact) mass is 479 g/mol. The van der Waals surface area contributed by atoms with Crippen LogP contribution >= 0.6 is 0 Å². The highest BCUT2D eigenvalue weighted by Crippen LogP contribution is 2.39. The van der Waals surface area contributed by atoms with E-state index in [2.05, 4.69) is 10.6 Å². The third-order valence-electron chi connectivity index (χ3n) is 6.60. The minimum absolute atomic E-state index is 0.211. The second kappa shape index (κ2) is 9.62. The van der Waals surface area contributed by atoms with Crippen molar-refractivity contribution in [3.63, 3.8) is 0 Å². The first-order valence-corrected chi connectivity index (χ1v) is 11.8. The first-order valence-electron chi connectivity index (χ1n) is 11.8. The maximum atomic E-state index is 13.0. The lowest BCUT2D eigenvalue weighted by atomic mass is 9.82. The molecule has 0 saturated carbocycles. The lowest BCUT2D eigenvalue weighted by molar-refractivity contribution is -0.122. The van der Waals surface area contributed by atoms with E-state index >= 15 is 0 Å². The molecule has 0 spiro atoms. The highest BCUT2D eigenvalue weighted by Gasteiger charge is 2.48. The zero-order valence-electron chi connectivity index (χ0n) is 19.7. The molecule has 1 heterocycles. The van der Waals surface area contributed by atoms with E-state index in [1.54, 1.807) is 72.8 Å². The van der Waals surface area contributed by atoms with Crippen molar-refractivity contribution in [3.05, 3.63) is 102 Å². The van der Waals surface area contributed by atoms with Gasteiger partial charge in [-0.25, -0.2) is 0 Å². The molecule has 0 aromatic heterocycles. The zero-order valence-corrected chi connectivity index (χ0v) is 19.7. The van der Waals surface area contributed by atoms with Crippen molar-refractivity contribution in [2.24, 2.45) is 11.8 Å². The molecule has 36 heavy (non-hydrogen) atoms. The second-order valence-corrected chi connectivity index (χ2v) is 9.12. The molecule has 2 atom stereocenters. The van der Waals surface area contributed by atoms with Gasteiger partial charge >= 0.3 is 0 Å². The summed E-state index contributed by atoms with van der Waals surface area (Å²) in [6.07, 6.45) is 3.17. The van der Waals surface area contributed by atoms with Crippen molar-refractivity contribution in [2.45, 2.75) is 19.8 Å². The van der Waals surface area contributed by atoms with Crippen LogP contribution in [-0.2, 0) is 9.59 Å². The fraction of sp³-hybridized carbons (Fsp3) is 0.172. The predicted molar refractivity (Wildman–Crippen MR) is 138 cm³/mol. The van der Waals surface area contributed by atoms with Crippen LogP contribution < -0.4 is 15.5 Å². The van der Waals surface area contributed by atoms with Gasteiger partial charge in [0, 0.05) is 22.5 Å². The molecule has 3 aromatic carbocycles. The quantitative estimate of drug-likeness (QED) is 0.396. The smallest absolute Gasteiger partial charge is 0.255 e. The minimum atomic E-state index is -0.391. The molecule has 180 valence electrons. The SMILES string of the molecule is CC1=CC[C@H]2C(=O)N(c3cccc(C(=O)Nc4cccc(NC(=O)c5ccccc5)c4)c3)C(=O)[C@@H]2C1. The first-order chi connectivity index (χ1) is 17.4. The Morgan fingerprint density at radius 3 is 2.08 bits per heavy atom. The Labute approximate surface area is 208 Å². The number of nitrogens with one attached hydrogen (secondary N) is 2. The Balaban J connectivity index is 1.30. The Kier molecular flexibility index (Phi) is 6.21. The van der Waals surface area contributed by atoms with Crippen molar-refractivity contribution in [1.82, 2.24) is 0 Å². The van der Waals surface area contributed by atoms with E-state index in [0.29, 0.717) is 41.0 Å². The second-order valence-electron chi connectivity index (χ2n) is 9.12. The van der Waals surface area contributed by atoms with Gasteiger partial charge in [0.2, 0.25) is 11.8 Å². The van der Waals surface area contributed by atoms with E-state index in [0.717, 1.165) is 5.57 Å². The normalized spacial score (nSPS) is 18.9. The number of amides is 4. The fourth-order valence-corrected chi connectivity index (χ4v) is 4.75. The largest absolute Gasteiger partial charge is 0.322 e. The van der Waals surface area contributed by atoms with Crippen molar-refractivity contribution in [1.29, 1.82) is 0 Å². The summed E-state index contributed by atoms with van der Waals surface area (Å²) in [7, 11) is 0. The van der Waals surface area contributed by atoms with Gasteiger partial charge in [-0.2, -0.15) is 0 Å². The molecule has 0 radical (unpaired) electrons. The van der Waals surface area contributed by atoms with Crippen molar-refractivity contribution < 1.29 is 19.2 Å². The molecular weight excluding hydrogens is 454 g/mol. The molecule has 3 aromatic rings. The summed E-state index contributed by atoms with van der Waals surface area (Å²) in [6.45, 7) is 1.98. The van der Waals surface area contributed by atoms with Crippen LogP contribution in [0.1, 0.15) is 40.5 Å². The van der Waals surface area contributed by atoms with Gasteiger partial charge in [0.15, 0.2) is 0 Å². The number of hydrogen-bond donors (Lipinski definition) is 2. The summed E-state index contributed by atoms with van der Waals surface area (Å²) in [6, 6.07) is 22.2. The van der Waals surface area contributed by atoms with E-state index in [9.17, 15) is 19.2 Å². The first kappa shape index (κ1) is 23.2. The van der Waals surface area contributed by atoms with Crippen LogP contribution in [-0.4, -0.2) is 23.6 Å². The number of fused-ring (bicyclic) bond motifs is 1. The van der Waals surface area contributed by atoms with Gasteiger partial charge < -0.3 is 10.6 Å². The summed E-state index contributed by atoms with van der Waals surface area (Å²) in [5.74, 6) is -1.75. The number of carbonyl (C=O) groups is 4. The van der Waals surface area contributed by atoms with Crippen molar-refractivity contribution in [3.8, 4) is 0 Å². The summed E-state index contributed by atoms with van der Waals surface area (Å²) < 4.78 is 0. The van der Waals surface area contributed by atoms with Crippen LogP contribution in [0.3, 0.4) is 0 Å². The number of carbonyl (C=O) groups excluding carboxylic acids is 4. The van der Waals surface area contributed by atoms with Crippen LogP contribution in [0.25, 0.3) is 0 Å². The summed E-state index contributed by atoms with van der Waals surface area (Å²) in [5.41, 5.74) is 3.40. The summed E-state index contributed by atoms with van der Waals surface area (Å²) in [4.78, 5) is 52.7. The number of benzene rings is 3. The maximum Gasteiger partial charge on any atom is 0.255 e. The summed E-state index contributed by atoms with van der Waals surface area (Å²) in [5, 5.41) is 5.64. The van der Waals surface area contributed by atoms with E-state index in [-0.39, 0.29) is 29.6 Å². The van der Waals surface area contributed by atoms with Crippen LogP contribution in [0.2, 0.25) is 0 Å². The van der Waals surface area contributed by atoms with Crippen molar-refractivity contribution in [2.75, 3.05) is 15.5 Å². The lowest BCUT2D eigenvalue weighted by Gasteiger charge is -2.18. The molecule has 7 nitrogen and oxygen atoms in total. The van der Waals surface area contributed by atoms with Gasteiger partial charge in [0.25, 0.3) is 11.8 Å². The molecule has 2 aliphatic rings. The van der Waals surface area contributed by atoms with Crippen LogP contribution in [0.15, 0.2) is 90.5 Å². The Morgan fingerprint density at radius 2 is 1.36 bits per heavy atom. The Morgan fingerprint density at radius 1 is 0.750 bits per heavy atom. The molecule has 1 aliphatic heterocycles. The van der Waals surface area contributed by atoms with E-state index in [1.807, 2.05) is 19.1 Å². The number of rotatable bonds is 5. The van der Waals surface area contributed by atoms with Gasteiger partial charge in [-0.15, -0.1) is 0 Å². The van der Waals surface area contributed by atoms with Gasteiger partial charge in [0.1, 0.15) is 0 Å². The number of allylic oxidation sites excluding steroid dienone is 2. The van der Waals surface area contributed by atoms with Gasteiger partial charge in [0.05, 0.1) is 17.5 Å². The van der Waals surface area contributed by atoms with E-state index < -0.39 is 5.91 Å². The number of hydrogen-bond acceptors (Lipinski definition) is 4. The van der Waals surface area contributed by atoms with Gasteiger partial charge in [-0.05, 0) is 68.3 Å². The average Bonchev–Trinajstić information content (AvgIpc) is 3.13. The van der Waals surface area contributed by atoms with Gasteiger partial charge in [-0.3, -0.25) is 24.1 Å². The molecule has 1 fully saturated rings. The van der Waals surface area contributed by atoms with E-state index in [4.69, 9.17) is 0 Å². The molecule has 4 amide bonds. The molecule has 0 bridgehead atoms. The van der Waals surface area contributed by atoms with Crippen LogP contribution in [0.5, 0.6) is 0 Å². The number of nitrogens with zero attached hydrogens (tertiary/aromatic N) is 1. The molecule has 5 rings (SSSR count). The highest BCUT2D eigenvalue weighted by molar-refractivity contribution is 6.22. The molecular formula is C29H25N3O4. The molecule has 1 aliphatic carbocycles. The average molecular weight is 480 g/mol. The number of imide groups is 1. The molecule has 0 unspecified atom stereocenters. The predicted octanol–water partition coefficient (Wildman–Crippen LogP) is 5.04. The van der Waals surface area contributed by atoms with Gasteiger partial charge in [-0.1, -0.05) is 42.0 Å². The zero-order chi connectivity index (χ0) is 25.2. The van der Waals surface area contributed by atoms with Crippen molar-refractivity contribution >= 4 is 40.7 Å². The standard InChI is InChI=1S/C29H25N3O4/c1-18-13-14-24-25(15-18)29(36)32(28(24)35)23-12-5-9-20(16-23)27(34)31-22-11-6-10-21(17-22)30-26(33)19-7-3-2-4-8-19/h2-13,16-17,24-25H,14-15H2,1H3,(H,30,33)(H,31,34)/t24-,25-/m1/s1. The Hall–Kier alpha value is -4.52. The Bertz CT molecular complexity index is 1400. The topological polar surface area (TPSA) is 95.6 Å². The third-order valence-corrected chi connectivity index (χ3v) is 6.60. The van der Waals surface area contributed by atoms with E-state index in [1.165, 1.54) is 4.90 Å².